The number of alkyl halides is 3. The fraction of sp³-hybridized carbons (Fsp3) is 0.300. The molecule has 1 aromatic carbocycles. The number of hydrogen-bond acceptors (Lipinski definition) is 4. The van der Waals surface area contributed by atoms with Crippen molar-refractivity contribution in [1.29, 1.82) is 0 Å². The maximum absolute atomic E-state index is 13.1. The highest BCUT2D eigenvalue weighted by Crippen LogP contribution is 2.46. The van der Waals surface area contributed by atoms with Crippen LogP contribution in [-0.4, -0.2) is 31.8 Å². The molecular weight excluding hydrogens is 383 g/mol. The number of rotatable bonds is 3. The summed E-state index contributed by atoms with van der Waals surface area (Å²) in [5.74, 6) is -0.102. The van der Waals surface area contributed by atoms with Gasteiger partial charge in [-0.3, -0.25) is 24.3 Å². The van der Waals surface area contributed by atoms with Crippen LogP contribution in [0.3, 0.4) is 0 Å². The Bertz CT molecular complexity index is 1090. The van der Waals surface area contributed by atoms with E-state index in [2.05, 4.69) is 15.1 Å². The average molecular weight is 401 g/mol. The van der Waals surface area contributed by atoms with Gasteiger partial charge in [0.1, 0.15) is 6.54 Å². The zero-order valence-electron chi connectivity index (χ0n) is 16.0. The molecule has 0 spiro atoms. The van der Waals surface area contributed by atoms with E-state index in [-0.39, 0.29) is 11.7 Å². The Labute approximate surface area is 165 Å². The second-order valence-electron chi connectivity index (χ2n) is 7.53. The fourth-order valence-electron chi connectivity index (χ4n) is 3.42. The Kier molecular flexibility index (Phi) is 4.21. The minimum Gasteiger partial charge on any atom is -0.273 e. The van der Waals surface area contributed by atoms with Crippen molar-refractivity contribution >= 4 is 17.4 Å². The summed E-state index contributed by atoms with van der Waals surface area (Å²) in [5.41, 5.74) is 2.69. The number of amides is 1. The minimum absolute atomic E-state index is 0.151. The summed E-state index contributed by atoms with van der Waals surface area (Å²) in [5, 5.41) is 3.98. The van der Waals surface area contributed by atoms with Crippen molar-refractivity contribution in [3.63, 3.8) is 0 Å². The van der Waals surface area contributed by atoms with Crippen molar-refractivity contribution in [3.05, 3.63) is 54.1 Å². The van der Waals surface area contributed by atoms with E-state index >= 15 is 0 Å². The SMILES string of the molecule is Cc1cnc(-c2ccc3c(c2)N(c2ccn(CC(F)(F)F)n2)C(=O)C3(C)C)cn1. The highest BCUT2D eigenvalue weighted by atomic mass is 19.4. The first-order valence-electron chi connectivity index (χ1n) is 8.94. The van der Waals surface area contributed by atoms with Gasteiger partial charge >= 0.3 is 6.18 Å². The van der Waals surface area contributed by atoms with Gasteiger partial charge in [-0.25, -0.2) is 0 Å². The Morgan fingerprint density at radius 3 is 2.52 bits per heavy atom. The van der Waals surface area contributed by atoms with E-state index in [1.54, 1.807) is 32.3 Å². The van der Waals surface area contributed by atoms with Crippen LogP contribution in [0.2, 0.25) is 0 Å². The third-order valence-corrected chi connectivity index (χ3v) is 4.92. The summed E-state index contributed by atoms with van der Waals surface area (Å²) >= 11 is 0. The van der Waals surface area contributed by atoms with Gasteiger partial charge in [0.25, 0.3) is 0 Å². The van der Waals surface area contributed by atoms with E-state index in [0.29, 0.717) is 11.4 Å². The lowest BCUT2D eigenvalue weighted by molar-refractivity contribution is -0.142. The van der Waals surface area contributed by atoms with Crippen LogP contribution in [0, 0.1) is 6.92 Å². The summed E-state index contributed by atoms with van der Waals surface area (Å²) in [6, 6.07) is 6.91. The van der Waals surface area contributed by atoms with Crippen molar-refractivity contribution in [2.45, 2.75) is 38.9 Å². The molecule has 150 valence electrons. The molecule has 1 amide bonds. The van der Waals surface area contributed by atoms with Crippen LogP contribution in [0.5, 0.6) is 0 Å². The molecule has 1 aliphatic heterocycles. The van der Waals surface area contributed by atoms with Crippen LogP contribution < -0.4 is 4.90 Å². The Balaban J connectivity index is 1.78. The fourth-order valence-corrected chi connectivity index (χ4v) is 3.42. The lowest BCUT2D eigenvalue weighted by atomic mass is 9.86. The first-order valence-corrected chi connectivity index (χ1v) is 8.94. The molecule has 3 aromatic rings. The van der Waals surface area contributed by atoms with Crippen molar-refractivity contribution in [2.75, 3.05) is 4.90 Å². The van der Waals surface area contributed by atoms with Gasteiger partial charge in [-0.1, -0.05) is 12.1 Å². The van der Waals surface area contributed by atoms with Crippen LogP contribution in [0.4, 0.5) is 24.7 Å². The molecule has 0 saturated carbocycles. The summed E-state index contributed by atoms with van der Waals surface area (Å²) < 4.78 is 38.8. The van der Waals surface area contributed by atoms with E-state index in [9.17, 15) is 18.0 Å². The molecule has 1 aliphatic rings. The van der Waals surface area contributed by atoms with Gasteiger partial charge in [0.05, 0.1) is 28.7 Å². The molecule has 0 fully saturated rings. The average Bonchev–Trinajstić information content (AvgIpc) is 3.15. The minimum atomic E-state index is -4.40. The van der Waals surface area contributed by atoms with Crippen molar-refractivity contribution in [1.82, 2.24) is 19.7 Å². The summed E-state index contributed by atoms with van der Waals surface area (Å²) in [4.78, 5) is 23.1. The smallest absolute Gasteiger partial charge is 0.273 e. The maximum atomic E-state index is 13.1. The van der Waals surface area contributed by atoms with Crippen molar-refractivity contribution in [3.8, 4) is 11.3 Å². The van der Waals surface area contributed by atoms with Gasteiger partial charge in [0, 0.05) is 24.0 Å². The molecular formula is C20H18F3N5O. The molecule has 0 aliphatic carbocycles. The molecule has 0 saturated heterocycles. The van der Waals surface area contributed by atoms with E-state index in [4.69, 9.17) is 0 Å². The highest BCUT2D eigenvalue weighted by molar-refractivity contribution is 6.12. The first kappa shape index (κ1) is 19.1. The highest BCUT2D eigenvalue weighted by Gasteiger charge is 2.45. The number of carbonyl (C=O) groups is 1. The number of fused-ring (bicyclic) bond motifs is 1. The van der Waals surface area contributed by atoms with Gasteiger partial charge < -0.3 is 0 Å². The number of aryl methyl sites for hydroxylation is 1. The Morgan fingerprint density at radius 1 is 1.10 bits per heavy atom. The van der Waals surface area contributed by atoms with Gasteiger partial charge in [-0.05, 0) is 32.4 Å². The molecule has 0 radical (unpaired) electrons. The summed E-state index contributed by atoms with van der Waals surface area (Å²) in [6.07, 6.45) is 0.110. The predicted molar refractivity (Wildman–Crippen MR) is 101 cm³/mol. The lowest BCUT2D eigenvalue weighted by Gasteiger charge is -2.18. The predicted octanol–water partition coefficient (Wildman–Crippen LogP) is 4.17. The topological polar surface area (TPSA) is 63.9 Å². The zero-order valence-corrected chi connectivity index (χ0v) is 16.0. The normalized spacial score (nSPS) is 15.7. The molecule has 0 unspecified atom stereocenters. The zero-order chi connectivity index (χ0) is 21.0. The third-order valence-electron chi connectivity index (χ3n) is 4.92. The largest absolute Gasteiger partial charge is 0.408 e. The van der Waals surface area contributed by atoms with Crippen LogP contribution in [0.15, 0.2) is 42.9 Å². The van der Waals surface area contributed by atoms with Gasteiger partial charge in [-0.15, -0.1) is 0 Å². The number of nitrogens with zero attached hydrogens (tertiary/aromatic N) is 5. The van der Waals surface area contributed by atoms with E-state index < -0.39 is 18.1 Å². The van der Waals surface area contributed by atoms with Crippen LogP contribution in [0.25, 0.3) is 11.3 Å². The summed E-state index contributed by atoms with van der Waals surface area (Å²) in [7, 11) is 0. The third kappa shape index (κ3) is 3.37. The Hall–Kier alpha value is -3.23. The van der Waals surface area contributed by atoms with Crippen molar-refractivity contribution < 1.29 is 18.0 Å². The molecule has 6 nitrogen and oxygen atoms in total. The second-order valence-corrected chi connectivity index (χ2v) is 7.53. The molecule has 3 heterocycles. The number of carbonyl (C=O) groups excluding carboxylic acids is 1. The molecule has 9 heteroatoms. The number of halogens is 3. The second kappa shape index (κ2) is 6.40. The van der Waals surface area contributed by atoms with E-state index in [0.717, 1.165) is 21.5 Å². The lowest BCUT2D eigenvalue weighted by Crippen LogP contribution is -2.33. The standard InChI is InChI=1S/C20H18F3N5O/c1-12-9-25-15(10-24-12)13-4-5-14-16(8-13)28(18(29)19(14,2)3)17-6-7-27(26-17)11-20(21,22)23/h4-10H,11H2,1-3H3. The van der Waals surface area contributed by atoms with Gasteiger partial charge in [0.15, 0.2) is 5.82 Å². The number of benzene rings is 1. The molecule has 0 N–H and O–H groups in total. The maximum Gasteiger partial charge on any atom is 0.408 e. The molecule has 2 aromatic heterocycles. The summed E-state index contributed by atoms with van der Waals surface area (Å²) in [6.45, 7) is 4.18. The molecule has 0 bridgehead atoms. The number of aromatic nitrogens is 4. The molecule has 4 rings (SSSR count). The monoisotopic (exact) mass is 401 g/mol. The number of anilines is 2. The van der Waals surface area contributed by atoms with Crippen molar-refractivity contribution in [2.24, 2.45) is 0 Å². The van der Waals surface area contributed by atoms with Crippen LogP contribution in [0.1, 0.15) is 25.1 Å². The van der Waals surface area contributed by atoms with Gasteiger partial charge in [-0.2, -0.15) is 18.3 Å². The first-order chi connectivity index (χ1) is 13.6. The van der Waals surface area contributed by atoms with Crippen LogP contribution >= 0.6 is 0 Å². The van der Waals surface area contributed by atoms with E-state index in [1.165, 1.54) is 17.2 Å². The van der Waals surface area contributed by atoms with Crippen LogP contribution in [-0.2, 0) is 16.8 Å². The quantitative estimate of drug-likeness (QED) is 0.661. The molecule has 29 heavy (non-hydrogen) atoms. The van der Waals surface area contributed by atoms with E-state index in [1.807, 2.05) is 19.1 Å². The Morgan fingerprint density at radius 2 is 1.86 bits per heavy atom. The van der Waals surface area contributed by atoms with Gasteiger partial charge in [0.2, 0.25) is 5.91 Å². The molecule has 0 atom stereocenters. The number of hydrogen-bond donors (Lipinski definition) is 0.